The van der Waals surface area contributed by atoms with E-state index in [0.29, 0.717) is 11.7 Å². The molecule has 2 rings (SSSR count). The second-order valence-corrected chi connectivity index (χ2v) is 4.16. The minimum Gasteiger partial charge on any atom is -0.385 e. The molecule has 1 saturated heterocycles. The third-order valence-corrected chi connectivity index (χ3v) is 2.89. The highest BCUT2D eigenvalue weighted by molar-refractivity contribution is 4.96. The van der Waals surface area contributed by atoms with Crippen LogP contribution in [0.15, 0.2) is 4.52 Å². The summed E-state index contributed by atoms with van der Waals surface area (Å²) in [7, 11) is 2.07. The second kappa shape index (κ2) is 4.28. The Bertz CT molecular complexity index is 324. The molecule has 0 amide bonds. The second-order valence-electron chi connectivity index (χ2n) is 4.16. The van der Waals surface area contributed by atoms with Crippen LogP contribution in [0.3, 0.4) is 0 Å². The maximum absolute atomic E-state index is 9.30. The van der Waals surface area contributed by atoms with Crippen molar-refractivity contribution in [2.75, 3.05) is 13.6 Å². The zero-order valence-corrected chi connectivity index (χ0v) is 9.18. The normalized spacial score (nSPS) is 25.4. The van der Waals surface area contributed by atoms with Crippen molar-refractivity contribution in [3.8, 4) is 0 Å². The smallest absolute Gasteiger partial charge is 0.244 e. The van der Waals surface area contributed by atoms with Crippen LogP contribution < -0.4 is 0 Å². The number of aromatic nitrogens is 2. The van der Waals surface area contributed by atoms with E-state index in [2.05, 4.69) is 22.1 Å². The molecule has 1 aromatic rings. The number of likely N-dealkylation sites (tertiary alicyclic amines) is 1. The Balaban J connectivity index is 2.13. The number of hydrogen-bond donors (Lipinski definition) is 1. The van der Waals surface area contributed by atoms with Crippen molar-refractivity contribution < 1.29 is 9.63 Å². The third kappa shape index (κ3) is 2.18. The molecule has 84 valence electrons. The van der Waals surface area contributed by atoms with Gasteiger partial charge in [0.1, 0.15) is 6.10 Å². The molecule has 1 N–H and O–H groups in total. The Morgan fingerprint density at radius 1 is 1.53 bits per heavy atom. The molecule has 2 atom stereocenters. The lowest BCUT2D eigenvalue weighted by Gasteiger charge is -2.29. The summed E-state index contributed by atoms with van der Waals surface area (Å²) in [6.07, 6.45) is 2.82. The summed E-state index contributed by atoms with van der Waals surface area (Å²) in [4.78, 5) is 6.44. The Labute approximate surface area is 89.1 Å². The molecule has 1 fully saturated rings. The summed E-state index contributed by atoms with van der Waals surface area (Å²) in [5.74, 6) is 1.01. The van der Waals surface area contributed by atoms with E-state index in [9.17, 15) is 5.11 Å². The van der Waals surface area contributed by atoms with Crippen LogP contribution in [0.4, 0.5) is 0 Å². The number of hydrogen-bond acceptors (Lipinski definition) is 5. The SMILES string of the molecule is CC(O)c1noc(C2CCCCN2C)n1. The molecular formula is C10H17N3O2. The van der Waals surface area contributed by atoms with Crippen molar-refractivity contribution in [3.63, 3.8) is 0 Å². The largest absolute Gasteiger partial charge is 0.385 e. The third-order valence-electron chi connectivity index (χ3n) is 2.89. The Morgan fingerprint density at radius 3 is 2.93 bits per heavy atom. The van der Waals surface area contributed by atoms with Crippen LogP contribution in [0.1, 0.15) is 50.0 Å². The van der Waals surface area contributed by atoms with Crippen LogP contribution in [0, 0.1) is 0 Å². The van der Waals surface area contributed by atoms with Crippen LogP contribution in [0.25, 0.3) is 0 Å². The highest BCUT2D eigenvalue weighted by Crippen LogP contribution is 2.28. The molecule has 1 aliphatic heterocycles. The van der Waals surface area contributed by atoms with Crippen molar-refractivity contribution in [1.82, 2.24) is 15.0 Å². The van der Waals surface area contributed by atoms with E-state index in [-0.39, 0.29) is 6.04 Å². The van der Waals surface area contributed by atoms with Crippen LogP contribution in [-0.4, -0.2) is 33.7 Å². The van der Waals surface area contributed by atoms with E-state index in [0.717, 1.165) is 13.0 Å². The van der Waals surface area contributed by atoms with Gasteiger partial charge in [0.05, 0.1) is 6.04 Å². The fourth-order valence-corrected chi connectivity index (χ4v) is 1.94. The van der Waals surface area contributed by atoms with Crippen molar-refractivity contribution in [2.45, 2.75) is 38.3 Å². The summed E-state index contributed by atoms with van der Waals surface area (Å²) < 4.78 is 5.17. The number of piperidine rings is 1. The molecule has 0 saturated carbocycles. The van der Waals surface area contributed by atoms with Gasteiger partial charge < -0.3 is 9.63 Å². The molecule has 1 aliphatic rings. The quantitative estimate of drug-likeness (QED) is 0.798. The standard InChI is InChI=1S/C10H17N3O2/c1-7(14)9-11-10(15-12-9)8-5-3-4-6-13(8)2/h7-8,14H,3-6H2,1-2H3. The van der Waals surface area contributed by atoms with Crippen LogP contribution in [-0.2, 0) is 0 Å². The topological polar surface area (TPSA) is 62.4 Å². The molecule has 0 bridgehead atoms. The van der Waals surface area contributed by atoms with Crippen molar-refractivity contribution in [1.29, 1.82) is 0 Å². The molecule has 15 heavy (non-hydrogen) atoms. The summed E-state index contributed by atoms with van der Waals surface area (Å²) in [6, 6.07) is 0.221. The predicted molar refractivity (Wildman–Crippen MR) is 54.2 cm³/mol. The molecule has 1 aromatic heterocycles. The highest BCUT2D eigenvalue weighted by atomic mass is 16.5. The zero-order valence-electron chi connectivity index (χ0n) is 9.18. The monoisotopic (exact) mass is 211 g/mol. The van der Waals surface area contributed by atoms with Gasteiger partial charge in [-0.15, -0.1) is 0 Å². The molecule has 5 nitrogen and oxygen atoms in total. The lowest BCUT2D eigenvalue weighted by molar-refractivity contribution is 0.149. The van der Waals surface area contributed by atoms with Gasteiger partial charge in [-0.3, -0.25) is 4.90 Å². The fourth-order valence-electron chi connectivity index (χ4n) is 1.94. The van der Waals surface area contributed by atoms with Gasteiger partial charge in [0.15, 0.2) is 5.82 Å². The zero-order chi connectivity index (χ0) is 10.8. The van der Waals surface area contributed by atoms with E-state index >= 15 is 0 Å². The Morgan fingerprint density at radius 2 is 2.33 bits per heavy atom. The first-order valence-corrected chi connectivity index (χ1v) is 5.40. The number of rotatable bonds is 2. The van der Waals surface area contributed by atoms with Crippen LogP contribution in [0.2, 0.25) is 0 Å². The van der Waals surface area contributed by atoms with Gasteiger partial charge in [0, 0.05) is 0 Å². The number of aliphatic hydroxyl groups excluding tert-OH is 1. The molecule has 5 heteroatoms. The molecule has 2 heterocycles. The first-order chi connectivity index (χ1) is 7.18. The van der Waals surface area contributed by atoms with Crippen molar-refractivity contribution in [2.24, 2.45) is 0 Å². The molecule has 0 radical (unpaired) electrons. The van der Waals surface area contributed by atoms with Crippen molar-refractivity contribution in [3.05, 3.63) is 11.7 Å². The highest BCUT2D eigenvalue weighted by Gasteiger charge is 2.26. The maximum Gasteiger partial charge on any atom is 0.244 e. The summed E-state index contributed by atoms with van der Waals surface area (Å²) >= 11 is 0. The van der Waals surface area contributed by atoms with Crippen molar-refractivity contribution >= 4 is 0 Å². The first kappa shape index (κ1) is 10.6. The fraction of sp³-hybridized carbons (Fsp3) is 0.800. The lowest BCUT2D eigenvalue weighted by Crippen LogP contribution is -2.29. The van der Waals surface area contributed by atoms with Gasteiger partial charge in [-0.1, -0.05) is 11.6 Å². The van der Waals surface area contributed by atoms with E-state index in [1.165, 1.54) is 12.8 Å². The van der Waals surface area contributed by atoms with Crippen LogP contribution >= 0.6 is 0 Å². The predicted octanol–water partition coefficient (Wildman–Crippen LogP) is 1.28. The average Bonchev–Trinajstić information content (AvgIpc) is 2.67. The Kier molecular flexibility index (Phi) is 3.02. The van der Waals surface area contributed by atoms with E-state index in [1.54, 1.807) is 6.92 Å². The van der Waals surface area contributed by atoms with Gasteiger partial charge in [-0.2, -0.15) is 4.98 Å². The van der Waals surface area contributed by atoms with Gasteiger partial charge in [0.2, 0.25) is 5.89 Å². The van der Waals surface area contributed by atoms with E-state index in [1.807, 2.05) is 0 Å². The van der Waals surface area contributed by atoms with Gasteiger partial charge in [0.25, 0.3) is 0 Å². The van der Waals surface area contributed by atoms with Gasteiger partial charge in [-0.25, -0.2) is 0 Å². The molecule has 0 spiro atoms. The summed E-state index contributed by atoms with van der Waals surface area (Å²) in [6.45, 7) is 2.70. The first-order valence-electron chi connectivity index (χ1n) is 5.40. The Hall–Kier alpha value is -0.940. The molecule has 2 unspecified atom stereocenters. The maximum atomic E-state index is 9.30. The number of nitrogens with zero attached hydrogens (tertiary/aromatic N) is 3. The lowest BCUT2D eigenvalue weighted by atomic mass is 10.0. The molecule has 0 aromatic carbocycles. The summed E-state index contributed by atoms with van der Waals surface area (Å²) in [5.41, 5.74) is 0. The van der Waals surface area contributed by atoms with E-state index < -0.39 is 6.10 Å². The summed E-state index contributed by atoms with van der Waals surface area (Å²) in [5, 5.41) is 13.1. The minimum absolute atomic E-state index is 0.221. The van der Waals surface area contributed by atoms with Crippen LogP contribution in [0.5, 0.6) is 0 Å². The number of aliphatic hydroxyl groups is 1. The molecular weight excluding hydrogens is 194 g/mol. The van der Waals surface area contributed by atoms with Gasteiger partial charge in [-0.05, 0) is 33.4 Å². The average molecular weight is 211 g/mol. The van der Waals surface area contributed by atoms with E-state index in [4.69, 9.17) is 4.52 Å². The van der Waals surface area contributed by atoms with Gasteiger partial charge >= 0.3 is 0 Å². The minimum atomic E-state index is -0.656. The molecule has 0 aliphatic carbocycles.